The van der Waals surface area contributed by atoms with Gasteiger partial charge in [0.1, 0.15) is 5.82 Å². The maximum Gasteiger partial charge on any atom is 0.229 e. The molecular formula is C17H23N7. The van der Waals surface area contributed by atoms with Gasteiger partial charge < -0.3 is 15.5 Å². The number of nitrogens with one attached hydrogen (secondary N) is 2. The minimum absolute atomic E-state index is 0.569. The molecule has 2 N–H and O–H groups in total. The molecule has 0 unspecified atom stereocenters. The lowest BCUT2D eigenvalue weighted by atomic mass is 10.2. The van der Waals surface area contributed by atoms with Crippen molar-refractivity contribution in [1.29, 1.82) is 0 Å². The van der Waals surface area contributed by atoms with Gasteiger partial charge in [-0.15, -0.1) is 0 Å². The van der Waals surface area contributed by atoms with Crippen molar-refractivity contribution >= 4 is 28.4 Å². The molecule has 0 aliphatic heterocycles. The zero-order valence-corrected chi connectivity index (χ0v) is 14.3. The molecule has 0 aliphatic rings. The molecule has 3 aromatic rings. The average Bonchev–Trinajstić information content (AvgIpc) is 2.97. The molecule has 0 amide bonds. The summed E-state index contributed by atoms with van der Waals surface area (Å²) in [6.45, 7) is 1.95. The first kappa shape index (κ1) is 16.2. The quantitative estimate of drug-likeness (QED) is 0.696. The van der Waals surface area contributed by atoms with E-state index in [1.807, 2.05) is 25.4 Å². The van der Waals surface area contributed by atoms with Crippen LogP contribution in [-0.2, 0) is 6.54 Å². The van der Waals surface area contributed by atoms with Gasteiger partial charge in [0.25, 0.3) is 0 Å². The highest BCUT2D eigenvalue weighted by molar-refractivity contribution is 5.83. The zero-order chi connectivity index (χ0) is 16.9. The summed E-state index contributed by atoms with van der Waals surface area (Å²) in [5.41, 5.74) is 2.06. The number of rotatable bonds is 7. The summed E-state index contributed by atoms with van der Waals surface area (Å²) in [6.07, 6.45) is 4.70. The van der Waals surface area contributed by atoms with Crippen molar-refractivity contribution in [2.24, 2.45) is 0 Å². The van der Waals surface area contributed by atoms with Crippen molar-refractivity contribution in [3.05, 3.63) is 36.7 Å². The summed E-state index contributed by atoms with van der Waals surface area (Å²) in [5.74, 6) is 1.35. The molecule has 2 heterocycles. The molecular weight excluding hydrogens is 302 g/mol. The highest BCUT2D eigenvalue weighted by Gasteiger charge is 2.06. The van der Waals surface area contributed by atoms with E-state index in [4.69, 9.17) is 0 Å². The Labute approximate surface area is 141 Å². The number of aryl methyl sites for hydroxylation is 1. The number of anilines is 3. The van der Waals surface area contributed by atoms with Crippen molar-refractivity contribution in [2.75, 3.05) is 38.3 Å². The first-order valence-corrected chi connectivity index (χ1v) is 8.04. The third kappa shape index (κ3) is 3.80. The average molecular weight is 325 g/mol. The van der Waals surface area contributed by atoms with Gasteiger partial charge in [0, 0.05) is 30.9 Å². The molecule has 1 aromatic carbocycles. The lowest BCUT2D eigenvalue weighted by Crippen LogP contribution is -2.15. The van der Waals surface area contributed by atoms with Crippen LogP contribution in [0.1, 0.15) is 6.42 Å². The van der Waals surface area contributed by atoms with Crippen LogP contribution in [0.2, 0.25) is 0 Å². The molecule has 0 atom stereocenters. The first-order chi connectivity index (χ1) is 11.7. The lowest BCUT2D eigenvalue weighted by Gasteiger charge is -2.10. The number of fused-ring (bicyclic) bond motifs is 1. The Balaban J connectivity index is 1.79. The Bertz CT molecular complexity index is 810. The molecule has 126 valence electrons. The third-order valence-corrected chi connectivity index (χ3v) is 3.79. The summed E-state index contributed by atoms with van der Waals surface area (Å²) in [4.78, 5) is 10.8. The molecule has 3 rings (SSSR count). The second-order valence-corrected chi connectivity index (χ2v) is 5.94. The van der Waals surface area contributed by atoms with Crippen LogP contribution in [-0.4, -0.2) is 52.3 Å². The van der Waals surface area contributed by atoms with Gasteiger partial charge in [-0.1, -0.05) is 0 Å². The Morgan fingerprint density at radius 1 is 1.21 bits per heavy atom. The third-order valence-electron chi connectivity index (χ3n) is 3.79. The van der Waals surface area contributed by atoms with E-state index in [1.54, 1.807) is 6.20 Å². The molecule has 0 aliphatic carbocycles. The Morgan fingerprint density at radius 3 is 2.88 bits per heavy atom. The van der Waals surface area contributed by atoms with Crippen LogP contribution >= 0.6 is 0 Å². The van der Waals surface area contributed by atoms with E-state index in [2.05, 4.69) is 61.5 Å². The highest BCUT2D eigenvalue weighted by Crippen LogP contribution is 2.21. The van der Waals surface area contributed by atoms with E-state index in [0.717, 1.165) is 41.9 Å². The minimum atomic E-state index is 0.569. The predicted molar refractivity (Wildman–Crippen MR) is 97.8 cm³/mol. The number of hydrogen-bond donors (Lipinski definition) is 2. The second-order valence-electron chi connectivity index (χ2n) is 5.94. The first-order valence-electron chi connectivity index (χ1n) is 8.04. The smallest absolute Gasteiger partial charge is 0.229 e. The van der Waals surface area contributed by atoms with Crippen LogP contribution in [0.3, 0.4) is 0 Å². The number of benzene rings is 1. The van der Waals surface area contributed by atoms with Crippen molar-refractivity contribution in [2.45, 2.75) is 13.0 Å². The van der Waals surface area contributed by atoms with E-state index in [-0.39, 0.29) is 0 Å². The highest BCUT2D eigenvalue weighted by atomic mass is 15.3. The van der Waals surface area contributed by atoms with Gasteiger partial charge in [0.15, 0.2) is 0 Å². The van der Waals surface area contributed by atoms with Crippen LogP contribution in [0.4, 0.5) is 17.5 Å². The van der Waals surface area contributed by atoms with Gasteiger partial charge >= 0.3 is 0 Å². The molecule has 24 heavy (non-hydrogen) atoms. The zero-order valence-electron chi connectivity index (χ0n) is 14.3. The maximum atomic E-state index is 4.50. The second kappa shape index (κ2) is 7.27. The fourth-order valence-corrected chi connectivity index (χ4v) is 2.55. The predicted octanol–water partition coefficient (Wildman–Crippen LogP) is 2.56. The standard InChI is InChI=1S/C17H23N7/c1-18-16-7-8-19-17(22-16)21-14-6-5-13-12-20-24(15(13)11-14)10-4-9-23(2)3/h5-8,11-12H,4,9-10H2,1-3H3,(H2,18,19,21,22). The van der Waals surface area contributed by atoms with Gasteiger partial charge in [0.2, 0.25) is 5.95 Å². The minimum Gasteiger partial charge on any atom is -0.373 e. The SMILES string of the molecule is CNc1ccnc(Nc2ccc3cnn(CCCN(C)C)c3c2)n1. The van der Waals surface area contributed by atoms with Crippen LogP contribution in [0, 0.1) is 0 Å². The van der Waals surface area contributed by atoms with Gasteiger partial charge in [-0.3, -0.25) is 4.68 Å². The fraction of sp³-hybridized carbons (Fsp3) is 0.353. The molecule has 0 radical (unpaired) electrons. The molecule has 0 saturated heterocycles. The summed E-state index contributed by atoms with van der Waals surface area (Å²) < 4.78 is 2.05. The monoisotopic (exact) mass is 325 g/mol. The molecule has 0 saturated carbocycles. The molecule has 2 aromatic heterocycles. The number of hydrogen-bond acceptors (Lipinski definition) is 6. The molecule has 7 heteroatoms. The maximum absolute atomic E-state index is 4.50. The van der Waals surface area contributed by atoms with Crippen LogP contribution in [0.5, 0.6) is 0 Å². The van der Waals surface area contributed by atoms with Crippen LogP contribution in [0.25, 0.3) is 10.9 Å². The Morgan fingerprint density at radius 2 is 2.08 bits per heavy atom. The summed E-state index contributed by atoms with van der Waals surface area (Å²) in [5, 5.41) is 11.9. The topological polar surface area (TPSA) is 70.9 Å². The Kier molecular flexibility index (Phi) is 4.90. The van der Waals surface area contributed by atoms with Gasteiger partial charge in [-0.05, 0) is 51.3 Å². The summed E-state index contributed by atoms with van der Waals surface area (Å²) in [7, 11) is 6.01. The number of aromatic nitrogens is 4. The largest absolute Gasteiger partial charge is 0.373 e. The number of nitrogens with zero attached hydrogens (tertiary/aromatic N) is 5. The normalized spacial score (nSPS) is 11.2. The van der Waals surface area contributed by atoms with Crippen LogP contribution in [0.15, 0.2) is 36.7 Å². The van der Waals surface area contributed by atoms with E-state index >= 15 is 0 Å². The molecule has 0 bridgehead atoms. The van der Waals surface area contributed by atoms with Crippen molar-refractivity contribution in [3.8, 4) is 0 Å². The van der Waals surface area contributed by atoms with Crippen molar-refractivity contribution < 1.29 is 0 Å². The summed E-state index contributed by atoms with van der Waals surface area (Å²) >= 11 is 0. The van der Waals surface area contributed by atoms with E-state index < -0.39 is 0 Å². The van der Waals surface area contributed by atoms with E-state index in [0.29, 0.717) is 5.95 Å². The molecule has 7 nitrogen and oxygen atoms in total. The van der Waals surface area contributed by atoms with Crippen molar-refractivity contribution in [3.63, 3.8) is 0 Å². The van der Waals surface area contributed by atoms with Gasteiger partial charge in [-0.25, -0.2) is 4.98 Å². The van der Waals surface area contributed by atoms with E-state index in [9.17, 15) is 0 Å². The van der Waals surface area contributed by atoms with Crippen molar-refractivity contribution in [1.82, 2.24) is 24.6 Å². The van der Waals surface area contributed by atoms with Gasteiger partial charge in [0.05, 0.1) is 11.7 Å². The van der Waals surface area contributed by atoms with Crippen LogP contribution < -0.4 is 10.6 Å². The Hall–Kier alpha value is -2.67. The molecule has 0 spiro atoms. The summed E-state index contributed by atoms with van der Waals surface area (Å²) in [6, 6.07) is 8.00. The van der Waals surface area contributed by atoms with Gasteiger partial charge in [-0.2, -0.15) is 10.1 Å². The lowest BCUT2D eigenvalue weighted by molar-refractivity contribution is 0.382. The fourth-order valence-electron chi connectivity index (χ4n) is 2.55. The van der Waals surface area contributed by atoms with E-state index in [1.165, 1.54) is 0 Å². The molecule has 0 fully saturated rings.